The Kier molecular flexibility index (Phi) is 6.14. The lowest BCUT2D eigenvalue weighted by Gasteiger charge is -2.21. The number of aromatic nitrogens is 1. The molecule has 1 heterocycles. The Morgan fingerprint density at radius 1 is 1.15 bits per heavy atom. The number of nitrogens with zero attached hydrogens (tertiary/aromatic N) is 1. The molecule has 0 saturated heterocycles. The second-order valence-electron chi connectivity index (χ2n) is 6.81. The molecule has 0 bridgehead atoms. The molecule has 1 unspecified atom stereocenters. The summed E-state index contributed by atoms with van der Waals surface area (Å²) in [5, 5.41) is 4.88. The van der Waals surface area contributed by atoms with E-state index >= 15 is 0 Å². The van der Waals surface area contributed by atoms with Crippen LogP contribution >= 0.6 is 0 Å². The highest BCUT2D eigenvalue weighted by atomic mass is 16.5. The van der Waals surface area contributed by atoms with Crippen LogP contribution in [0.4, 0.5) is 0 Å². The number of benzene rings is 2. The number of likely N-dealkylation sites (N-methyl/N-ethyl adjacent to an activating group) is 1. The second kappa shape index (κ2) is 8.73. The lowest BCUT2D eigenvalue weighted by atomic mass is 10.0. The van der Waals surface area contributed by atoms with Crippen LogP contribution in [0.25, 0.3) is 10.9 Å². The van der Waals surface area contributed by atoms with Crippen LogP contribution in [0.3, 0.4) is 0 Å². The van der Waals surface area contributed by atoms with Gasteiger partial charge in [-0.2, -0.15) is 0 Å². The number of fused-ring (bicyclic) bond motifs is 1. The van der Waals surface area contributed by atoms with Crippen molar-refractivity contribution < 1.29 is 9.53 Å². The Morgan fingerprint density at radius 3 is 2.74 bits per heavy atom. The maximum Gasteiger partial charge on any atom is 0.259 e. The molecule has 27 heavy (non-hydrogen) atoms. The molecule has 2 N–H and O–H groups in total. The largest absolute Gasteiger partial charge is 0.483 e. The molecule has 3 rings (SSSR count). The number of carbonyl (C=O) groups is 1. The fourth-order valence-electron chi connectivity index (χ4n) is 3.18. The molecule has 0 aliphatic heterocycles. The summed E-state index contributed by atoms with van der Waals surface area (Å²) in [6.07, 6.45) is 2.89. The molecule has 142 valence electrons. The summed E-state index contributed by atoms with van der Waals surface area (Å²) in [5.41, 5.74) is 3.48. The molecule has 5 heteroatoms. The third kappa shape index (κ3) is 4.49. The van der Waals surface area contributed by atoms with Crippen LogP contribution in [-0.2, 0) is 11.3 Å². The first-order chi connectivity index (χ1) is 13.1. The van der Waals surface area contributed by atoms with Gasteiger partial charge in [0, 0.05) is 49.3 Å². The summed E-state index contributed by atoms with van der Waals surface area (Å²) in [4.78, 5) is 16.7. The number of rotatable bonds is 8. The van der Waals surface area contributed by atoms with Crippen LogP contribution in [-0.4, -0.2) is 36.5 Å². The van der Waals surface area contributed by atoms with E-state index in [9.17, 15) is 4.79 Å². The standard InChI is InChI=1S/C22H27N3O2/c1-4-19(24-14-16-8-7-10-20-17(16)12-13-23-20)18-9-5-6-11-21(18)27-15-22(26)25(2)3/h5-13,19,23-24H,4,14-15H2,1-3H3. The molecule has 0 aliphatic carbocycles. The number of carbonyl (C=O) groups excluding carboxylic acids is 1. The van der Waals surface area contributed by atoms with Gasteiger partial charge < -0.3 is 19.9 Å². The molecule has 2 aromatic carbocycles. The van der Waals surface area contributed by atoms with Crippen molar-refractivity contribution in [3.8, 4) is 5.75 Å². The van der Waals surface area contributed by atoms with Gasteiger partial charge in [-0.05, 0) is 30.2 Å². The van der Waals surface area contributed by atoms with Gasteiger partial charge in [-0.25, -0.2) is 0 Å². The zero-order valence-corrected chi connectivity index (χ0v) is 16.2. The number of nitrogens with one attached hydrogen (secondary N) is 2. The minimum Gasteiger partial charge on any atom is -0.483 e. The first-order valence-corrected chi connectivity index (χ1v) is 9.30. The van der Waals surface area contributed by atoms with Gasteiger partial charge in [0.25, 0.3) is 5.91 Å². The average molecular weight is 365 g/mol. The predicted octanol–water partition coefficient (Wildman–Crippen LogP) is 3.88. The van der Waals surface area contributed by atoms with Gasteiger partial charge >= 0.3 is 0 Å². The van der Waals surface area contributed by atoms with Crippen molar-refractivity contribution in [2.75, 3.05) is 20.7 Å². The maximum atomic E-state index is 11.9. The molecule has 0 spiro atoms. The van der Waals surface area contributed by atoms with Crippen LogP contribution < -0.4 is 10.1 Å². The monoisotopic (exact) mass is 365 g/mol. The highest BCUT2D eigenvalue weighted by Crippen LogP contribution is 2.28. The maximum absolute atomic E-state index is 11.9. The Labute approximate surface area is 160 Å². The number of para-hydroxylation sites is 1. The third-order valence-corrected chi connectivity index (χ3v) is 4.78. The predicted molar refractivity (Wildman–Crippen MR) is 109 cm³/mol. The Balaban J connectivity index is 1.73. The lowest BCUT2D eigenvalue weighted by molar-refractivity contribution is -0.130. The lowest BCUT2D eigenvalue weighted by Crippen LogP contribution is -2.28. The minimum absolute atomic E-state index is 0.0447. The van der Waals surface area contributed by atoms with Crippen LogP contribution in [0.1, 0.15) is 30.5 Å². The fourth-order valence-corrected chi connectivity index (χ4v) is 3.18. The van der Waals surface area contributed by atoms with E-state index in [1.807, 2.05) is 24.4 Å². The van der Waals surface area contributed by atoms with E-state index in [0.717, 1.165) is 29.8 Å². The molecule has 5 nitrogen and oxygen atoms in total. The molecule has 0 radical (unpaired) electrons. The number of amides is 1. The molecule has 1 aromatic heterocycles. The van der Waals surface area contributed by atoms with E-state index in [2.05, 4.69) is 47.6 Å². The van der Waals surface area contributed by atoms with Crippen molar-refractivity contribution >= 4 is 16.8 Å². The highest BCUT2D eigenvalue weighted by molar-refractivity contribution is 5.82. The smallest absolute Gasteiger partial charge is 0.259 e. The van der Waals surface area contributed by atoms with Crippen molar-refractivity contribution in [1.29, 1.82) is 0 Å². The van der Waals surface area contributed by atoms with Crippen LogP contribution in [0.2, 0.25) is 0 Å². The Morgan fingerprint density at radius 2 is 1.96 bits per heavy atom. The molecule has 0 aliphatic rings. The Hall–Kier alpha value is -2.79. The summed E-state index contributed by atoms with van der Waals surface area (Å²) < 4.78 is 5.82. The topological polar surface area (TPSA) is 57.4 Å². The zero-order valence-electron chi connectivity index (χ0n) is 16.2. The van der Waals surface area contributed by atoms with Crippen molar-refractivity contribution in [2.24, 2.45) is 0 Å². The minimum atomic E-state index is -0.0510. The van der Waals surface area contributed by atoms with Gasteiger partial charge in [0.05, 0.1) is 0 Å². The molecule has 0 fully saturated rings. The summed E-state index contributed by atoms with van der Waals surface area (Å²) in [5.74, 6) is 0.705. The zero-order chi connectivity index (χ0) is 19.2. The van der Waals surface area contributed by atoms with Crippen molar-refractivity contribution in [2.45, 2.75) is 25.9 Å². The van der Waals surface area contributed by atoms with Crippen molar-refractivity contribution in [3.63, 3.8) is 0 Å². The number of hydrogen-bond acceptors (Lipinski definition) is 3. The quantitative estimate of drug-likeness (QED) is 0.637. The molecular weight excluding hydrogens is 338 g/mol. The number of H-pyrrole nitrogens is 1. The SMILES string of the molecule is CCC(NCc1cccc2[nH]ccc12)c1ccccc1OCC(=O)N(C)C. The first kappa shape index (κ1) is 19.0. The van der Waals surface area contributed by atoms with Crippen molar-refractivity contribution in [3.05, 3.63) is 65.9 Å². The van der Waals surface area contributed by atoms with Gasteiger partial charge in [-0.15, -0.1) is 0 Å². The summed E-state index contributed by atoms with van der Waals surface area (Å²) in [6, 6.07) is 16.5. The molecule has 0 saturated carbocycles. The average Bonchev–Trinajstić information content (AvgIpc) is 3.16. The van der Waals surface area contributed by atoms with Gasteiger partial charge in [0.1, 0.15) is 5.75 Å². The first-order valence-electron chi connectivity index (χ1n) is 9.30. The second-order valence-corrected chi connectivity index (χ2v) is 6.81. The van der Waals surface area contributed by atoms with Crippen molar-refractivity contribution in [1.82, 2.24) is 15.2 Å². The summed E-state index contributed by atoms with van der Waals surface area (Å²) >= 11 is 0. The molecule has 1 amide bonds. The summed E-state index contributed by atoms with van der Waals surface area (Å²) in [7, 11) is 3.46. The van der Waals surface area contributed by atoms with E-state index < -0.39 is 0 Å². The molecule has 1 atom stereocenters. The molecule has 3 aromatic rings. The van der Waals surface area contributed by atoms with Gasteiger partial charge in [-0.3, -0.25) is 4.79 Å². The van der Waals surface area contributed by atoms with E-state index in [4.69, 9.17) is 4.74 Å². The van der Waals surface area contributed by atoms with E-state index in [1.54, 1.807) is 14.1 Å². The van der Waals surface area contributed by atoms with Gasteiger partial charge in [0.2, 0.25) is 0 Å². The normalized spacial score (nSPS) is 12.1. The van der Waals surface area contributed by atoms with Crippen LogP contribution in [0.15, 0.2) is 54.7 Å². The van der Waals surface area contributed by atoms with E-state index in [-0.39, 0.29) is 18.6 Å². The highest BCUT2D eigenvalue weighted by Gasteiger charge is 2.16. The van der Waals surface area contributed by atoms with Gasteiger partial charge in [0.15, 0.2) is 6.61 Å². The Bertz CT molecular complexity index is 901. The molecular formula is C22H27N3O2. The van der Waals surface area contributed by atoms with Gasteiger partial charge in [-0.1, -0.05) is 37.3 Å². The van der Waals surface area contributed by atoms with Crippen LogP contribution in [0.5, 0.6) is 5.75 Å². The number of aromatic amines is 1. The van der Waals surface area contributed by atoms with Crippen LogP contribution in [0, 0.1) is 0 Å². The fraction of sp³-hybridized carbons (Fsp3) is 0.318. The number of hydrogen-bond donors (Lipinski definition) is 2. The van der Waals surface area contributed by atoms with E-state index in [0.29, 0.717) is 0 Å². The third-order valence-electron chi connectivity index (χ3n) is 4.78. The summed E-state index contributed by atoms with van der Waals surface area (Å²) in [6.45, 7) is 2.96. The number of ether oxygens (including phenoxy) is 1. The van der Waals surface area contributed by atoms with E-state index in [1.165, 1.54) is 15.8 Å².